The number of aromatic amines is 1. The molecule has 2 N–H and O–H groups in total. The highest BCUT2D eigenvalue weighted by Crippen LogP contribution is 2.25. The fourth-order valence-electron chi connectivity index (χ4n) is 2.64. The molecule has 0 aliphatic heterocycles. The van der Waals surface area contributed by atoms with E-state index < -0.39 is 0 Å². The van der Waals surface area contributed by atoms with Gasteiger partial charge < -0.3 is 9.72 Å². The van der Waals surface area contributed by atoms with E-state index >= 15 is 0 Å². The maximum Gasteiger partial charge on any atom is 0.277 e. The van der Waals surface area contributed by atoms with E-state index in [0.29, 0.717) is 5.92 Å². The molecule has 0 fully saturated rings. The van der Waals surface area contributed by atoms with Gasteiger partial charge in [-0.2, -0.15) is 5.10 Å². The monoisotopic (exact) mass is 335 g/mol. The van der Waals surface area contributed by atoms with Crippen molar-refractivity contribution in [2.45, 2.75) is 19.8 Å². The first kappa shape index (κ1) is 16.8. The molecule has 0 saturated carbocycles. The van der Waals surface area contributed by atoms with Gasteiger partial charge in [-0.3, -0.25) is 4.79 Å². The van der Waals surface area contributed by atoms with Crippen molar-refractivity contribution in [3.05, 3.63) is 65.9 Å². The summed E-state index contributed by atoms with van der Waals surface area (Å²) in [7, 11) is 0. The van der Waals surface area contributed by atoms with Crippen LogP contribution in [0.25, 0.3) is 10.9 Å². The molecule has 3 aromatic rings. The number of amides is 1. The summed E-state index contributed by atoms with van der Waals surface area (Å²) in [6, 6.07) is 15.7. The number of benzene rings is 2. The Hall–Kier alpha value is -3.08. The Bertz CT molecular complexity index is 897. The Morgan fingerprint density at radius 2 is 1.96 bits per heavy atom. The molecule has 0 aliphatic rings. The summed E-state index contributed by atoms with van der Waals surface area (Å²) in [5.41, 5.74) is 5.53. The molecular weight excluding hydrogens is 314 g/mol. The Balaban J connectivity index is 1.57. The van der Waals surface area contributed by atoms with Gasteiger partial charge in [-0.1, -0.05) is 50.2 Å². The van der Waals surface area contributed by atoms with Gasteiger partial charge in [0.25, 0.3) is 5.91 Å². The normalized spacial score (nSPS) is 11.3. The number of ether oxygens (including phenoxy) is 1. The number of para-hydroxylation sites is 2. The third kappa shape index (κ3) is 4.07. The van der Waals surface area contributed by atoms with Crippen molar-refractivity contribution >= 4 is 23.0 Å². The van der Waals surface area contributed by atoms with Crippen molar-refractivity contribution in [2.24, 2.45) is 5.10 Å². The van der Waals surface area contributed by atoms with Gasteiger partial charge in [0.15, 0.2) is 6.61 Å². The molecule has 0 atom stereocenters. The largest absolute Gasteiger partial charge is 0.483 e. The third-order valence-corrected chi connectivity index (χ3v) is 3.91. The van der Waals surface area contributed by atoms with Crippen LogP contribution in [0.1, 0.15) is 30.9 Å². The number of fused-ring (bicyclic) bond motifs is 1. The minimum atomic E-state index is -0.297. The minimum Gasteiger partial charge on any atom is -0.483 e. The van der Waals surface area contributed by atoms with Gasteiger partial charge in [-0.05, 0) is 23.6 Å². The molecule has 0 spiro atoms. The summed E-state index contributed by atoms with van der Waals surface area (Å²) >= 11 is 0. The number of hydrazone groups is 1. The fourth-order valence-corrected chi connectivity index (χ4v) is 2.64. The van der Waals surface area contributed by atoms with E-state index in [1.165, 1.54) is 0 Å². The second kappa shape index (κ2) is 7.66. The Morgan fingerprint density at radius 3 is 2.80 bits per heavy atom. The molecule has 2 aromatic carbocycles. The first-order valence-electron chi connectivity index (χ1n) is 8.25. The number of nitrogens with one attached hydrogen (secondary N) is 2. The maximum atomic E-state index is 11.9. The predicted octanol–water partition coefficient (Wildman–Crippen LogP) is 3.82. The van der Waals surface area contributed by atoms with Gasteiger partial charge in [0.2, 0.25) is 0 Å². The Kier molecular flexibility index (Phi) is 5.14. The quantitative estimate of drug-likeness (QED) is 0.531. The van der Waals surface area contributed by atoms with Crippen LogP contribution in [0, 0.1) is 0 Å². The van der Waals surface area contributed by atoms with Crippen LogP contribution in [0.3, 0.4) is 0 Å². The molecule has 0 radical (unpaired) electrons. The molecule has 0 unspecified atom stereocenters. The molecule has 1 aromatic heterocycles. The molecule has 25 heavy (non-hydrogen) atoms. The number of carbonyl (C=O) groups excluding carboxylic acids is 1. The summed E-state index contributed by atoms with van der Waals surface area (Å²) < 4.78 is 5.63. The van der Waals surface area contributed by atoms with E-state index in [9.17, 15) is 4.79 Å². The molecule has 5 nitrogen and oxygen atoms in total. The van der Waals surface area contributed by atoms with Crippen LogP contribution in [-0.4, -0.2) is 23.7 Å². The van der Waals surface area contributed by atoms with Gasteiger partial charge in [-0.15, -0.1) is 0 Å². The number of aromatic nitrogens is 1. The van der Waals surface area contributed by atoms with Crippen molar-refractivity contribution in [2.75, 3.05) is 6.61 Å². The van der Waals surface area contributed by atoms with Crippen molar-refractivity contribution in [1.29, 1.82) is 0 Å². The van der Waals surface area contributed by atoms with Crippen LogP contribution >= 0.6 is 0 Å². The summed E-state index contributed by atoms with van der Waals surface area (Å²) in [6.07, 6.45) is 3.48. The predicted molar refractivity (Wildman–Crippen MR) is 100 cm³/mol. The van der Waals surface area contributed by atoms with Gasteiger partial charge >= 0.3 is 0 Å². The highest BCUT2D eigenvalue weighted by atomic mass is 16.5. The summed E-state index contributed by atoms with van der Waals surface area (Å²) in [4.78, 5) is 15.1. The van der Waals surface area contributed by atoms with Crippen molar-refractivity contribution in [3.63, 3.8) is 0 Å². The third-order valence-electron chi connectivity index (χ3n) is 3.91. The second-order valence-corrected chi connectivity index (χ2v) is 6.06. The van der Waals surface area contributed by atoms with E-state index in [4.69, 9.17) is 4.74 Å². The Labute approximate surface area is 146 Å². The minimum absolute atomic E-state index is 0.0744. The fraction of sp³-hybridized carbons (Fsp3) is 0.200. The highest BCUT2D eigenvalue weighted by molar-refractivity contribution is 5.99. The molecule has 0 bridgehead atoms. The standard InChI is InChI=1S/C20H21N3O2/c1-14(2)16-7-4-6-10-19(16)25-13-20(24)23-22-12-15-11-21-18-9-5-3-8-17(15)18/h3-12,14,21H,13H2,1-2H3,(H,23,24). The van der Waals surface area contributed by atoms with Gasteiger partial charge in [0.1, 0.15) is 5.75 Å². The van der Waals surface area contributed by atoms with Gasteiger partial charge in [-0.25, -0.2) is 5.43 Å². The first-order valence-corrected chi connectivity index (χ1v) is 8.25. The lowest BCUT2D eigenvalue weighted by Gasteiger charge is -2.12. The van der Waals surface area contributed by atoms with E-state index in [1.807, 2.05) is 54.7 Å². The van der Waals surface area contributed by atoms with Crippen LogP contribution in [0.4, 0.5) is 0 Å². The number of rotatable bonds is 6. The molecule has 1 heterocycles. The lowest BCUT2D eigenvalue weighted by Crippen LogP contribution is -2.24. The van der Waals surface area contributed by atoms with Gasteiger partial charge in [0, 0.05) is 22.7 Å². The summed E-state index contributed by atoms with van der Waals surface area (Å²) in [5, 5.41) is 5.07. The lowest BCUT2D eigenvalue weighted by atomic mass is 10.0. The van der Waals surface area contributed by atoms with E-state index in [0.717, 1.165) is 27.8 Å². The Morgan fingerprint density at radius 1 is 1.20 bits per heavy atom. The van der Waals surface area contributed by atoms with Crippen LogP contribution in [0.15, 0.2) is 59.8 Å². The van der Waals surface area contributed by atoms with Crippen LogP contribution in [0.5, 0.6) is 5.75 Å². The number of hydrogen-bond donors (Lipinski definition) is 2. The maximum absolute atomic E-state index is 11.9. The second-order valence-electron chi connectivity index (χ2n) is 6.06. The van der Waals surface area contributed by atoms with Gasteiger partial charge in [0.05, 0.1) is 6.21 Å². The summed E-state index contributed by atoms with van der Waals surface area (Å²) in [5.74, 6) is 0.766. The number of hydrogen-bond acceptors (Lipinski definition) is 3. The van der Waals surface area contributed by atoms with Crippen LogP contribution in [-0.2, 0) is 4.79 Å². The zero-order chi connectivity index (χ0) is 17.6. The van der Waals surface area contributed by atoms with Crippen LogP contribution in [0.2, 0.25) is 0 Å². The molecule has 1 amide bonds. The average molecular weight is 335 g/mol. The molecule has 5 heteroatoms. The summed E-state index contributed by atoms with van der Waals surface area (Å²) in [6.45, 7) is 4.11. The number of carbonyl (C=O) groups is 1. The van der Waals surface area contributed by atoms with Crippen molar-refractivity contribution < 1.29 is 9.53 Å². The van der Waals surface area contributed by atoms with E-state index in [-0.39, 0.29) is 12.5 Å². The number of H-pyrrole nitrogens is 1. The smallest absolute Gasteiger partial charge is 0.277 e. The molecule has 0 saturated heterocycles. The topological polar surface area (TPSA) is 66.5 Å². The number of nitrogens with zero attached hydrogens (tertiary/aromatic N) is 1. The van der Waals surface area contributed by atoms with E-state index in [1.54, 1.807) is 6.21 Å². The van der Waals surface area contributed by atoms with Crippen LogP contribution < -0.4 is 10.2 Å². The molecule has 128 valence electrons. The zero-order valence-corrected chi connectivity index (χ0v) is 14.3. The van der Waals surface area contributed by atoms with Crippen molar-refractivity contribution in [1.82, 2.24) is 10.4 Å². The highest BCUT2D eigenvalue weighted by Gasteiger charge is 2.08. The van der Waals surface area contributed by atoms with Crippen molar-refractivity contribution in [3.8, 4) is 5.75 Å². The lowest BCUT2D eigenvalue weighted by molar-refractivity contribution is -0.123. The molecule has 0 aliphatic carbocycles. The zero-order valence-electron chi connectivity index (χ0n) is 14.3. The molecular formula is C20H21N3O2. The SMILES string of the molecule is CC(C)c1ccccc1OCC(=O)NN=Cc1c[nH]c2ccccc12. The average Bonchev–Trinajstić information content (AvgIpc) is 3.03. The van der Waals surface area contributed by atoms with E-state index in [2.05, 4.69) is 29.4 Å². The first-order chi connectivity index (χ1) is 12.1. The molecule has 3 rings (SSSR count).